The predicted octanol–water partition coefficient (Wildman–Crippen LogP) is 5.85. The molecule has 1 aliphatic carbocycles. The van der Waals surface area contributed by atoms with E-state index in [1.807, 2.05) is 17.8 Å². The summed E-state index contributed by atoms with van der Waals surface area (Å²) in [6.45, 7) is 1.28. The quantitative estimate of drug-likeness (QED) is 0.301. The third kappa shape index (κ3) is 7.94. The van der Waals surface area contributed by atoms with Crippen molar-refractivity contribution in [2.75, 3.05) is 55.1 Å². The molecule has 2 aliphatic rings. The van der Waals surface area contributed by atoms with Gasteiger partial charge in [-0.05, 0) is 61.9 Å². The van der Waals surface area contributed by atoms with Crippen molar-refractivity contribution in [2.45, 2.75) is 55.4 Å². The molecular weight excluding hydrogens is 597 g/mol. The summed E-state index contributed by atoms with van der Waals surface area (Å²) in [5.41, 5.74) is 2.11. The molecule has 43 heavy (non-hydrogen) atoms. The molecule has 5 rings (SSSR count). The van der Waals surface area contributed by atoms with Crippen LogP contribution in [0.3, 0.4) is 0 Å². The minimum absolute atomic E-state index is 0.117. The van der Waals surface area contributed by atoms with Crippen LogP contribution in [0.25, 0.3) is 10.9 Å². The molecular formula is C31H37F3N4O3S2. The number of nitrogens with zero attached hydrogens (tertiary/aromatic N) is 2. The molecule has 1 aromatic heterocycles. The average molecular weight is 635 g/mol. The van der Waals surface area contributed by atoms with Crippen molar-refractivity contribution in [2.24, 2.45) is 0 Å². The molecule has 1 saturated heterocycles. The van der Waals surface area contributed by atoms with Gasteiger partial charge in [-0.25, -0.2) is 8.42 Å². The number of benzene rings is 2. The summed E-state index contributed by atoms with van der Waals surface area (Å²) in [6.07, 6.45) is 1.01. The van der Waals surface area contributed by atoms with Crippen LogP contribution < -0.4 is 15.4 Å². The molecule has 1 aliphatic heterocycles. The predicted molar refractivity (Wildman–Crippen MR) is 168 cm³/mol. The summed E-state index contributed by atoms with van der Waals surface area (Å²) in [6, 6.07) is 12.5. The lowest BCUT2D eigenvalue weighted by Crippen LogP contribution is -2.44. The highest BCUT2D eigenvalue weighted by Gasteiger charge is 2.31. The molecule has 0 bridgehead atoms. The fraction of sp³-hybridized carbons (Fsp3) is 0.484. The highest BCUT2D eigenvalue weighted by molar-refractivity contribution is 7.99. The number of alkyl halides is 3. The Balaban J connectivity index is 1.33. The topological polar surface area (TPSA) is 75.6 Å². The summed E-state index contributed by atoms with van der Waals surface area (Å²) in [4.78, 5) is 2.74. The lowest BCUT2D eigenvalue weighted by atomic mass is 9.90. The lowest BCUT2D eigenvalue weighted by molar-refractivity contribution is -0.140. The van der Waals surface area contributed by atoms with Crippen LogP contribution in [0.15, 0.2) is 47.4 Å². The molecule has 0 atom stereocenters. The van der Waals surface area contributed by atoms with E-state index in [2.05, 4.69) is 27.4 Å². The van der Waals surface area contributed by atoms with Crippen molar-refractivity contribution in [1.82, 2.24) is 9.47 Å². The molecule has 2 fully saturated rings. The monoisotopic (exact) mass is 634 g/mol. The van der Waals surface area contributed by atoms with Gasteiger partial charge in [-0.15, -0.1) is 0 Å². The second kappa shape index (κ2) is 13.3. The van der Waals surface area contributed by atoms with Crippen molar-refractivity contribution < 1.29 is 26.3 Å². The lowest BCUT2D eigenvalue weighted by Gasteiger charge is -2.39. The fourth-order valence-corrected chi connectivity index (χ4v) is 7.50. The van der Waals surface area contributed by atoms with E-state index in [1.165, 1.54) is 35.3 Å². The van der Waals surface area contributed by atoms with Crippen LogP contribution >= 0.6 is 11.8 Å². The normalized spacial score (nSPS) is 19.9. The number of rotatable bonds is 8. The Labute approximate surface area is 255 Å². The smallest absolute Gasteiger partial charge is 0.406 e. The molecule has 3 aromatic rings. The maximum absolute atomic E-state index is 13.6. The van der Waals surface area contributed by atoms with Gasteiger partial charge in [-0.1, -0.05) is 12.0 Å². The van der Waals surface area contributed by atoms with E-state index in [9.17, 15) is 21.6 Å². The first-order valence-electron chi connectivity index (χ1n) is 14.4. The minimum Gasteiger partial charge on any atom is -0.495 e. The third-order valence-corrected chi connectivity index (χ3v) is 10.1. The maximum atomic E-state index is 13.6. The Kier molecular flexibility index (Phi) is 9.73. The van der Waals surface area contributed by atoms with E-state index in [-0.39, 0.29) is 23.2 Å². The van der Waals surface area contributed by atoms with Crippen LogP contribution in [0.1, 0.15) is 31.4 Å². The van der Waals surface area contributed by atoms with Crippen LogP contribution in [0, 0.1) is 11.8 Å². The summed E-state index contributed by atoms with van der Waals surface area (Å²) in [5, 5.41) is 7.42. The number of methoxy groups -OCH3 is 1. The SMILES string of the molecule is COc1cc(S(C)(=O)=O)ccc1NCC#Cc1cc2c(NC3CCC(N4CCSCC4)CC3)cccc2n1CC(F)(F)F. The zero-order valence-corrected chi connectivity index (χ0v) is 26.0. The maximum Gasteiger partial charge on any atom is 0.406 e. The summed E-state index contributed by atoms with van der Waals surface area (Å²) in [7, 11) is -1.98. The van der Waals surface area contributed by atoms with E-state index in [4.69, 9.17) is 4.74 Å². The van der Waals surface area contributed by atoms with Gasteiger partial charge in [0.2, 0.25) is 0 Å². The van der Waals surface area contributed by atoms with Crippen molar-refractivity contribution in [3.05, 3.63) is 48.2 Å². The second-order valence-electron chi connectivity index (χ2n) is 11.1. The molecule has 7 nitrogen and oxygen atoms in total. The Morgan fingerprint density at radius 1 is 1.05 bits per heavy atom. The third-order valence-electron chi connectivity index (χ3n) is 8.09. The first kappa shape index (κ1) is 31.4. The Morgan fingerprint density at radius 2 is 1.79 bits per heavy atom. The Hall–Kier alpha value is -3.01. The van der Waals surface area contributed by atoms with E-state index >= 15 is 0 Å². The zero-order valence-electron chi connectivity index (χ0n) is 24.3. The summed E-state index contributed by atoms with van der Waals surface area (Å²) >= 11 is 2.02. The Morgan fingerprint density at radius 3 is 2.47 bits per heavy atom. The summed E-state index contributed by atoms with van der Waals surface area (Å²) < 4.78 is 71.2. The second-order valence-corrected chi connectivity index (χ2v) is 14.3. The number of fused-ring (bicyclic) bond motifs is 1. The van der Waals surface area contributed by atoms with Crippen LogP contribution in [-0.2, 0) is 16.4 Å². The van der Waals surface area contributed by atoms with Crippen molar-refractivity contribution in [3.8, 4) is 17.6 Å². The number of ether oxygens (including phenoxy) is 1. The van der Waals surface area contributed by atoms with Gasteiger partial charge in [-0.2, -0.15) is 24.9 Å². The van der Waals surface area contributed by atoms with Crippen molar-refractivity contribution in [1.29, 1.82) is 0 Å². The molecule has 2 aromatic carbocycles. The fourth-order valence-electron chi connectivity index (χ4n) is 5.93. The molecule has 0 unspecified atom stereocenters. The number of nitrogens with one attached hydrogen (secondary N) is 2. The highest BCUT2D eigenvalue weighted by Crippen LogP contribution is 2.33. The van der Waals surface area contributed by atoms with Crippen molar-refractivity contribution >= 4 is 43.9 Å². The molecule has 232 valence electrons. The number of sulfone groups is 1. The van der Waals surface area contributed by atoms with Gasteiger partial charge in [0, 0.05) is 60.1 Å². The molecule has 0 amide bonds. The van der Waals surface area contributed by atoms with Crippen LogP contribution in [0.5, 0.6) is 5.75 Å². The number of anilines is 2. The largest absolute Gasteiger partial charge is 0.495 e. The zero-order chi connectivity index (χ0) is 30.6. The van der Waals surface area contributed by atoms with E-state index in [1.54, 1.807) is 24.3 Å². The molecule has 12 heteroatoms. The molecule has 2 heterocycles. The highest BCUT2D eigenvalue weighted by atomic mass is 32.2. The van der Waals surface area contributed by atoms with E-state index in [0.717, 1.165) is 56.1 Å². The average Bonchev–Trinajstić information content (AvgIpc) is 3.32. The van der Waals surface area contributed by atoms with Gasteiger partial charge in [0.05, 0.1) is 35.4 Å². The molecule has 0 spiro atoms. The first-order valence-corrected chi connectivity index (χ1v) is 17.4. The van der Waals surface area contributed by atoms with Gasteiger partial charge < -0.3 is 19.9 Å². The number of hydrogen-bond acceptors (Lipinski definition) is 7. The van der Waals surface area contributed by atoms with Gasteiger partial charge in [0.15, 0.2) is 9.84 Å². The number of thioether (sulfide) groups is 1. The van der Waals surface area contributed by atoms with Gasteiger partial charge in [0.25, 0.3) is 0 Å². The van der Waals surface area contributed by atoms with Crippen LogP contribution in [0.2, 0.25) is 0 Å². The van der Waals surface area contributed by atoms with Gasteiger partial charge >= 0.3 is 6.18 Å². The van der Waals surface area contributed by atoms with E-state index < -0.39 is 22.6 Å². The summed E-state index contributed by atoms with van der Waals surface area (Å²) in [5.74, 6) is 8.57. The van der Waals surface area contributed by atoms with Gasteiger partial charge in [0.1, 0.15) is 12.3 Å². The Bertz CT molecular complexity index is 1600. The number of aromatic nitrogens is 1. The molecule has 2 N–H and O–H groups in total. The number of halogens is 3. The molecule has 1 saturated carbocycles. The van der Waals surface area contributed by atoms with Crippen LogP contribution in [-0.4, -0.2) is 80.7 Å². The number of hydrogen-bond donors (Lipinski definition) is 2. The van der Waals surface area contributed by atoms with Crippen molar-refractivity contribution in [3.63, 3.8) is 0 Å². The van der Waals surface area contributed by atoms with E-state index in [0.29, 0.717) is 23.0 Å². The first-order chi connectivity index (χ1) is 20.5. The van der Waals surface area contributed by atoms with Crippen LogP contribution in [0.4, 0.5) is 24.5 Å². The molecule has 0 radical (unpaired) electrons. The minimum atomic E-state index is -4.41. The van der Waals surface area contributed by atoms with Gasteiger partial charge in [-0.3, -0.25) is 4.90 Å². The standard InChI is InChI=1S/C31H37F3N4O3S2/c1-41-30-20-25(43(2,39)40)12-13-28(30)35-14-4-5-24-19-26-27(6-3-7-29(26)38(24)21-31(32,33)34)36-22-8-10-23(11-9-22)37-15-17-42-18-16-37/h3,6-7,12-13,19-20,22-23,35-36H,8-11,14-18,21H2,1-2H3.